The van der Waals surface area contributed by atoms with Gasteiger partial charge in [-0.1, -0.05) is 35.9 Å². The number of nitrogens with zero attached hydrogens (tertiary/aromatic N) is 1. The van der Waals surface area contributed by atoms with E-state index in [1.165, 1.54) is 5.56 Å². The molecule has 1 aliphatic rings. The molecule has 0 radical (unpaired) electrons. The SMILES string of the molecule is COCCCNC(=O)c1ccccc1NC(=O)C1CCN(Cc2ccc(Cl)cc2)CC1. The van der Waals surface area contributed by atoms with Crippen molar-refractivity contribution in [3.63, 3.8) is 0 Å². The van der Waals surface area contributed by atoms with Crippen LogP contribution in [0.3, 0.4) is 0 Å². The van der Waals surface area contributed by atoms with Crippen molar-refractivity contribution in [1.29, 1.82) is 0 Å². The first-order chi connectivity index (χ1) is 15.1. The lowest BCUT2D eigenvalue weighted by molar-refractivity contribution is -0.121. The molecule has 2 N–H and O–H groups in total. The number of amides is 2. The van der Waals surface area contributed by atoms with Crippen LogP contribution in [0.15, 0.2) is 48.5 Å². The molecule has 0 unspecified atom stereocenters. The Morgan fingerprint density at radius 2 is 1.81 bits per heavy atom. The number of benzene rings is 2. The molecule has 0 saturated carbocycles. The lowest BCUT2D eigenvalue weighted by Crippen LogP contribution is -2.38. The number of hydrogen-bond acceptors (Lipinski definition) is 4. The second kappa shape index (κ2) is 11.8. The minimum absolute atomic E-state index is 0.0224. The average molecular weight is 444 g/mol. The minimum atomic E-state index is -0.190. The number of carbonyl (C=O) groups is 2. The molecule has 0 spiro atoms. The fourth-order valence-corrected chi connectivity index (χ4v) is 3.87. The van der Waals surface area contributed by atoms with Gasteiger partial charge in [-0.3, -0.25) is 14.5 Å². The fraction of sp³-hybridized carbons (Fsp3) is 0.417. The molecule has 0 bridgehead atoms. The first-order valence-corrected chi connectivity index (χ1v) is 11.1. The van der Waals surface area contributed by atoms with Gasteiger partial charge in [-0.05, 0) is 62.2 Å². The molecule has 1 heterocycles. The summed E-state index contributed by atoms with van der Waals surface area (Å²) in [7, 11) is 1.63. The van der Waals surface area contributed by atoms with E-state index in [4.69, 9.17) is 16.3 Å². The summed E-state index contributed by atoms with van der Waals surface area (Å²) in [5.74, 6) is -0.269. The molecule has 2 aromatic carbocycles. The Kier molecular flexibility index (Phi) is 8.88. The number of halogens is 1. The van der Waals surface area contributed by atoms with Gasteiger partial charge in [-0.2, -0.15) is 0 Å². The van der Waals surface area contributed by atoms with Crippen molar-refractivity contribution in [3.8, 4) is 0 Å². The quantitative estimate of drug-likeness (QED) is 0.575. The monoisotopic (exact) mass is 443 g/mol. The Bertz CT molecular complexity index is 865. The van der Waals surface area contributed by atoms with Crippen molar-refractivity contribution in [3.05, 3.63) is 64.7 Å². The van der Waals surface area contributed by atoms with Crippen LogP contribution in [0.1, 0.15) is 35.2 Å². The second-order valence-corrected chi connectivity index (χ2v) is 8.25. The summed E-state index contributed by atoms with van der Waals surface area (Å²) in [5, 5.41) is 6.59. The zero-order chi connectivity index (χ0) is 22.1. The van der Waals surface area contributed by atoms with E-state index in [1.807, 2.05) is 30.3 Å². The Morgan fingerprint density at radius 1 is 1.10 bits per heavy atom. The number of likely N-dealkylation sites (tertiary alicyclic amines) is 1. The Labute approximate surface area is 188 Å². The largest absolute Gasteiger partial charge is 0.385 e. The first kappa shape index (κ1) is 23.3. The van der Waals surface area contributed by atoms with Crippen LogP contribution < -0.4 is 10.6 Å². The number of rotatable bonds is 9. The van der Waals surface area contributed by atoms with Gasteiger partial charge in [0.2, 0.25) is 5.91 Å². The van der Waals surface area contributed by atoms with Crippen molar-refractivity contribution in [2.24, 2.45) is 5.92 Å². The summed E-state index contributed by atoms with van der Waals surface area (Å²) in [5.41, 5.74) is 2.26. The topological polar surface area (TPSA) is 70.7 Å². The molecule has 2 amide bonds. The predicted octanol–water partition coefficient (Wildman–Crippen LogP) is 3.96. The van der Waals surface area contributed by atoms with Crippen molar-refractivity contribution >= 4 is 29.1 Å². The maximum atomic E-state index is 12.9. The number of piperidine rings is 1. The zero-order valence-electron chi connectivity index (χ0n) is 17.9. The number of para-hydroxylation sites is 1. The van der Waals surface area contributed by atoms with Gasteiger partial charge >= 0.3 is 0 Å². The summed E-state index contributed by atoms with van der Waals surface area (Å²) in [4.78, 5) is 27.7. The number of carbonyl (C=O) groups excluding carboxylic acids is 2. The van der Waals surface area contributed by atoms with Crippen molar-refractivity contribution < 1.29 is 14.3 Å². The lowest BCUT2D eigenvalue weighted by atomic mass is 9.95. The van der Waals surface area contributed by atoms with Gasteiger partial charge in [0.05, 0.1) is 11.3 Å². The summed E-state index contributed by atoms with van der Waals surface area (Å²) in [6.45, 7) is 3.71. The lowest BCUT2D eigenvalue weighted by Gasteiger charge is -2.31. The van der Waals surface area contributed by atoms with Crippen LogP contribution in [-0.2, 0) is 16.1 Å². The molecule has 1 aliphatic heterocycles. The normalized spacial score (nSPS) is 14.9. The molecule has 0 aromatic heterocycles. The average Bonchev–Trinajstić information content (AvgIpc) is 2.79. The summed E-state index contributed by atoms with van der Waals surface area (Å²) < 4.78 is 5.00. The Hall–Kier alpha value is -2.41. The highest BCUT2D eigenvalue weighted by molar-refractivity contribution is 6.30. The third-order valence-corrected chi connectivity index (χ3v) is 5.77. The highest BCUT2D eigenvalue weighted by Crippen LogP contribution is 2.23. The molecule has 1 saturated heterocycles. The molecule has 166 valence electrons. The molecule has 1 fully saturated rings. The van der Waals surface area contributed by atoms with E-state index in [0.717, 1.165) is 43.9 Å². The van der Waals surface area contributed by atoms with E-state index < -0.39 is 0 Å². The fourth-order valence-electron chi connectivity index (χ4n) is 3.74. The summed E-state index contributed by atoms with van der Waals surface area (Å²) >= 11 is 5.96. The Morgan fingerprint density at radius 3 is 2.52 bits per heavy atom. The number of ether oxygens (including phenoxy) is 1. The highest BCUT2D eigenvalue weighted by atomic mass is 35.5. The van der Waals surface area contributed by atoms with Gasteiger partial charge in [0.15, 0.2) is 0 Å². The molecule has 7 heteroatoms. The number of hydrogen-bond donors (Lipinski definition) is 2. The Balaban J connectivity index is 1.50. The maximum absolute atomic E-state index is 12.9. The molecule has 3 rings (SSSR count). The molecule has 31 heavy (non-hydrogen) atoms. The third-order valence-electron chi connectivity index (χ3n) is 5.52. The van der Waals surface area contributed by atoms with Crippen LogP contribution >= 0.6 is 11.6 Å². The van der Waals surface area contributed by atoms with Crippen LogP contribution in [-0.4, -0.2) is 50.1 Å². The van der Waals surface area contributed by atoms with Crippen molar-refractivity contribution in [2.45, 2.75) is 25.8 Å². The minimum Gasteiger partial charge on any atom is -0.385 e. The van der Waals surface area contributed by atoms with E-state index in [-0.39, 0.29) is 17.7 Å². The summed E-state index contributed by atoms with van der Waals surface area (Å²) in [6.07, 6.45) is 2.33. The van der Waals surface area contributed by atoms with Crippen molar-refractivity contribution in [1.82, 2.24) is 10.2 Å². The van der Waals surface area contributed by atoms with E-state index in [1.54, 1.807) is 25.3 Å². The van der Waals surface area contributed by atoms with E-state index >= 15 is 0 Å². The smallest absolute Gasteiger partial charge is 0.253 e. The van der Waals surface area contributed by atoms with Gasteiger partial charge in [0.1, 0.15) is 0 Å². The number of anilines is 1. The van der Waals surface area contributed by atoms with Crippen LogP contribution in [0.25, 0.3) is 0 Å². The molecule has 0 atom stereocenters. The maximum Gasteiger partial charge on any atom is 0.253 e. The number of nitrogens with one attached hydrogen (secondary N) is 2. The zero-order valence-corrected chi connectivity index (χ0v) is 18.7. The standard InChI is InChI=1S/C24H30ClN3O3/c1-31-16-4-13-26-24(30)21-5-2-3-6-22(21)27-23(29)19-11-14-28(15-12-19)17-18-7-9-20(25)10-8-18/h2-3,5-10,19H,4,11-17H2,1H3,(H,26,30)(H,27,29). The van der Waals surface area contributed by atoms with Gasteiger partial charge in [-0.15, -0.1) is 0 Å². The van der Waals surface area contributed by atoms with E-state index in [0.29, 0.717) is 24.4 Å². The molecule has 0 aliphatic carbocycles. The molecule has 2 aromatic rings. The van der Waals surface area contributed by atoms with Crippen LogP contribution in [0.2, 0.25) is 5.02 Å². The summed E-state index contributed by atoms with van der Waals surface area (Å²) in [6, 6.07) is 15.0. The van der Waals surface area contributed by atoms with Crippen LogP contribution in [0.5, 0.6) is 0 Å². The van der Waals surface area contributed by atoms with Gasteiger partial charge in [-0.25, -0.2) is 0 Å². The second-order valence-electron chi connectivity index (χ2n) is 7.81. The van der Waals surface area contributed by atoms with Gasteiger partial charge in [0, 0.05) is 37.7 Å². The predicted molar refractivity (Wildman–Crippen MR) is 123 cm³/mol. The van der Waals surface area contributed by atoms with E-state index in [9.17, 15) is 9.59 Å². The van der Waals surface area contributed by atoms with Crippen molar-refractivity contribution in [2.75, 3.05) is 38.7 Å². The van der Waals surface area contributed by atoms with Gasteiger partial charge in [0.25, 0.3) is 5.91 Å². The first-order valence-electron chi connectivity index (χ1n) is 10.7. The van der Waals surface area contributed by atoms with E-state index in [2.05, 4.69) is 15.5 Å². The van der Waals surface area contributed by atoms with Gasteiger partial charge < -0.3 is 15.4 Å². The number of methoxy groups -OCH3 is 1. The molecular weight excluding hydrogens is 414 g/mol. The third kappa shape index (κ3) is 7.06. The van der Waals surface area contributed by atoms with Crippen LogP contribution in [0, 0.1) is 5.92 Å². The molecular formula is C24H30ClN3O3. The van der Waals surface area contributed by atoms with Crippen LogP contribution in [0.4, 0.5) is 5.69 Å². The molecule has 6 nitrogen and oxygen atoms in total. The highest BCUT2D eigenvalue weighted by Gasteiger charge is 2.26.